The Morgan fingerprint density at radius 1 is 1.40 bits per heavy atom. The fraction of sp³-hybridized carbons (Fsp3) is 0.429. The molecule has 0 aliphatic heterocycles. The largest absolute Gasteiger partial charge is 0.307 e. The normalized spacial score (nSPS) is 16.2. The van der Waals surface area contributed by atoms with E-state index in [4.69, 9.17) is 0 Å². The summed E-state index contributed by atoms with van der Waals surface area (Å²) in [6, 6.07) is 4.12. The SMILES string of the molecule is O=C(Nc1ccnn1C1CCCCC1)c1csc(Br)c1. The highest BCUT2D eigenvalue weighted by Crippen LogP contribution is 2.30. The summed E-state index contributed by atoms with van der Waals surface area (Å²) >= 11 is 4.89. The minimum absolute atomic E-state index is 0.0792. The maximum Gasteiger partial charge on any atom is 0.257 e. The van der Waals surface area contributed by atoms with Crippen LogP contribution in [0.15, 0.2) is 27.5 Å². The van der Waals surface area contributed by atoms with Crippen molar-refractivity contribution in [3.8, 4) is 0 Å². The van der Waals surface area contributed by atoms with Gasteiger partial charge in [-0.1, -0.05) is 19.3 Å². The van der Waals surface area contributed by atoms with Crippen LogP contribution in [0.4, 0.5) is 5.82 Å². The third-order valence-corrected chi connectivity index (χ3v) is 5.17. The first kappa shape index (κ1) is 13.8. The Bertz CT molecular complexity index is 601. The summed E-state index contributed by atoms with van der Waals surface area (Å²) in [6.45, 7) is 0. The molecule has 2 heterocycles. The van der Waals surface area contributed by atoms with Crippen molar-refractivity contribution >= 4 is 39.0 Å². The Morgan fingerprint density at radius 3 is 2.90 bits per heavy atom. The molecule has 0 aromatic carbocycles. The molecular formula is C14H16BrN3OS. The Hall–Kier alpha value is -1.14. The Kier molecular flexibility index (Phi) is 4.21. The number of nitrogens with zero attached hydrogens (tertiary/aromatic N) is 2. The van der Waals surface area contributed by atoms with Crippen LogP contribution in [0.3, 0.4) is 0 Å². The number of carbonyl (C=O) groups excluding carboxylic acids is 1. The number of carbonyl (C=O) groups is 1. The van der Waals surface area contributed by atoms with E-state index in [-0.39, 0.29) is 5.91 Å². The standard InChI is InChI=1S/C14H16BrN3OS/c15-12-8-10(9-20-12)14(19)17-13-6-7-16-18(13)11-4-2-1-3-5-11/h6-9,11H,1-5H2,(H,17,19). The molecule has 0 bridgehead atoms. The van der Waals surface area contributed by atoms with Crippen LogP contribution in [0.2, 0.25) is 0 Å². The van der Waals surface area contributed by atoms with E-state index in [1.807, 2.05) is 22.2 Å². The summed E-state index contributed by atoms with van der Waals surface area (Å²) in [5, 5.41) is 9.20. The molecule has 1 fully saturated rings. The van der Waals surface area contributed by atoms with Gasteiger partial charge in [-0.3, -0.25) is 4.79 Å². The van der Waals surface area contributed by atoms with Gasteiger partial charge in [0.05, 0.1) is 21.6 Å². The topological polar surface area (TPSA) is 46.9 Å². The zero-order valence-corrected chi connectivity index (χ0v) is 13.4. The van der Waals surface area contributed by atoms with Gasteiger partial charge in [-0.2, -0.15) is 5.10 Å². The first-order valence-corrected chi connectivity index (χ1v) is 8.50. The van der Waals surface area contributed by atoms with Crippen LogP contribution in [0, 0.1) is 0 Å². The number of nitrogens with one attached hydrogen (secondary N) is 1. The smallest absolute Gasteiger partial charge is 0.257 e. The average molecular weight is 354 g/mol. The highest BCUT2D eigenvalue weighted by molar-refractivity contribution is 9.11. The van der Waals surface area contributed by atoms with Crippen molar-refractivity contribution in [2.24, 2.45) is 0 Å². The molecule has 0 unspecified atom stereocenters. The lowest BCUT2D eigenvalue weighted by Crippen LogP contribution is -2.20. The third-order valence-electron chi connectivity index (χ3n) is 3.66. The zero-order valence-electron chi connectivity index (χ0n) is 11.0. The second-order valence-corrected chi connectivity index (χ2v) is 7.34. The number of rotatable bonds is 3. The molecule has 1 aliphatic rings. The quantitative estimate of drug-likeness (QED) is 0.884. The second-order valence-electron chi connectivity index (χ2n) is 5.05. The van der Waals surface area contributed by atoms with E-state index in [1.54, 1.807) is 6.20 Å². The maximum absolute atomic E-state index is 12.2. The number of aromatic nitrogens is 2. The van der Waals surface area contributed by atoms with Crippen LogP contribution in [-0.4, -0.2) is 15.7 Å². The van der Waals surface area contributed by atoms with E-state index in [9.17, 15) is 4.79 Å². The van der Waals surface area contributed by atoms with Gasteiger partial charge in [0.25, 0.3) is 5.91 Å². The van der Waals surface area contributed by atoms with Crippen LogP contribution in [0.25, 0.3) is 0 Å². The van der Waals surface area contributed by atoms with E-state index < -0.39 is 0 Å². The Balaban J connectivity index is 1.74. The highest BCUT2D eigenvalue weighted by atomic mass is 79.9. The lowest BCUT2D eigenvalue weighted by molar-refractivity contribution is 0.102. The van der Waals surface area contributed by atoms with Crippen molar-refractivity contribution in [3.63, 3.8) is 0 Å². The molecule has 1 N–H and O–H groups in total. The van der Waals surface area contributed by atoms with Crippen LogP contribution in [0.5, 0.6) is 0 Å². The van der Waals surface area contributed by atoms with E-state index >= 15 is 0 Å². The summed E-state index contributed by atoms with van der Waals surface area (Å²) in [5.41, 5.74) is 0.679. The fourth-order valence-corrected chi connectivity index (χ4v) is 3.78. The van der Waals surface area contributed by atoms with Crippen LogP contribution < -0.4 is 5.32 Å². The van der Waals surface area contributed by atoms with Gasteiger partial charge in [-0.25, -0.2) is 4.68 Å². The van der Waals surface area contributed by atoms with Crippen LogP contribution >= 0.6 is 27.3 Å². The van der Waals surface area contributed by atoms with Crippen LogP contribution in [0.1, 0.15) is 48.5 Å². The summed E-state index contributed by atoms with van der Waals surface area (Å²) in [4.78, 5) is 12.2. The number of hydrogen-bond donors (Lipinski definition) is 1. The maximum atomic E-state index is 12.2. The molecule has 1 amide bonds. The molecular weight excluding hydrogens is 338 g/mol. The van der Waals surface area contributed by atoms with Crippen molar-refractivity contribution in [2.75, 3.05) is 5.32 Å². The van der Waals surface area contributed by atoms with Gasteiger partial charge in [0.1, 0.15) is 5.82 Å². The summed E-state index contributed by atoms with van der Waals surface area (Å²) in [6.07, 6.45) is 7.85. The lowest BCUT2D eigenvalue weighted by Gasteiger charge is -2.23. The molecule has 0 spiro atoms. The predicted octanol–water partition coefficient (Wildman–Crippen LogP) is 4.46. The van der Waals surface area contributed by atoms with E-state index in [0.717, 1.165) is 22.4 Å². The molecule has 3 rings (SSSR count). The number of hydrogen-bond acceptors (Lipinski definition) is 3. The number of halogens is 1. The van der Waals surface area contributed by atoms with E-state index in [0.29, 0.717) is 11.6 Å². The molecule has 6 heteroatoms. The van der Waals surface area contributed by atoms with E-state index in [2.05, 4.69) is 26.3 Å². The molecule has 106 valence electrons. The molecule has 0 radical (unpaired) electrons. The molecule has 1 saturated carbocycles. The average Bonchev–Trinajstić information content (AvgIpc) is 3.09. The molecule has 2 aromatic heterocycles. The lowest BCUT2D eigenvalue weighted by atomic mass is 9.96. The van der Waals surface area contributed by atoms with Gasteiger partial charge >= 0.3 is 0 Å². The molecule has 1 aliphatic carbocycles. The predicted molar refractivity (Wildman–Crippen MR) is 84.3 cm³/mol. The molecule has 4 nitrogen and oxygen atoms in total. The summed E-state index contributed by atoms with van der Waals surface area (Å²) in [7, 11) is 0. The van der Waals surface area contributed by atoms with Gasteiger partial charge < -0.3 is 5.32 Å². The van der Waals surface area contributed by atoms with Gasteiger partial charge in [-0.05, 0) is 34.8 Å². The third kappa shape index (κ3) is 2.96. The minimum atomic E-state index is -0.0792. The van der Waals surface area contributed by atoms with Gasteiger partial charge in [0, 0.05) is 11.4 Å². The molecule has 0 saturated heterocycles. The first-order valence-electron chi connectivity index (χ1n) is 6.83. The molecule has 0 atom stereocenters. The zero-order chi connectivity index (χ0) is 13.9. The van der Waals surface area contributed by atoms with Gasteiger partial charge in [-0.15, -0.1) is 11.3 Å². The summed E-state index contributed by atoms with van der Waals surface area (Å²) in [5.74, 6) is 0.716. The Morgan fingerprint density at radius 2 is 2.20 bits per heavy atom. The van der Waals surface area contributed by atoms with Crippen LogP contribution in [-0.2, 0) is 0 Å². The molecule has 20 heavy (non-hydrogen) atoms. The van der Waals surface area contributed by atoms with Gasteiger partial charge in [0.2, 0.25) is 0 Å². The van der Waals surface area contributed by atoms with Crippen molar-refractivity contribution < 1.29 is 4.79 Å². The van der Waals surface area contributed by atoms with Crippen molar-refractivity contribution in [1.82, 2.24) is 9.78 Å². The summed E-state index contributed by atoms with van der Waals surface area (Å²) < 4.78 is 2.93. The van der Waals surface area contributed by atoms with E-state index in [1.165, 1.54) is 30.6 Å². The number of thiophene rings is 1. The fourth-order valence-electron chi connectivity index (χ4n) is 2.65. The second kappa shape index (κ2) is 6.10. The van der Waals surface area contributed by atoms with Crippen molar-refractivity contribution in [1.29, 1.82) is 0 Å². The minimum Gasteiger partial charge on any atom is -0.307 e. The van der Waals surface area contributed by atoms with Crippen molar-refractivity contribution in [3.05, 3.63) is 33.1 Å². The van der Waals surface area contributed by atoms with Crippen molar-refractivity contribution in [2.45, 2.75) is 38.1 Å². The highest BCUT2D eigenvalue weighted by Gasteiger charge is 2.19. The number of anilines is 1. The monoisotopic (exact) mass is 353 g/mol. The Labute approximate surface area is 130 Å². The van der Waals surface area contributed by atoms with Gasteiger partial charge in [0.15, 0.2) is 0 Å². The molecule has 2 aromatic rings. The first-order chi connectivity index (χ1) is 9.74. The number of amides is 1.